The van der Waals surface area contributed by atoms with E-state index in [-0.39, 0.29) is 12.7 Å². The maximum Gasteiger partial charge on any atom is 0.225 e. The van der Waals surface area contributed by atoms with Gasteiger partial charge in [0.1, 0.15) is 11.9 Å². The average molecular weight is 446 g/mol. The predicted octanol–water partition coefficient (Wildman–Crippen LogP) is 4.81. The number of benzene rings is 2. The molecular weight excluding hydrogens is 414 g/mol. The van der Waals surface area contributed by atoms with Gasteiger partial charge in [-0.25, -0.2) is 4.98 Å². The average Bonchev–Trinajstić information content (AvgIpc) is 2.83. The summed E-state index contributed by atoms with van der Waals surface area (Å²) in [6.07, 6.45) is 6.53. The van der Waals surface area contributed by atoms with Crippen molar-refractivity contribution < 1.29 is 14.6 Å². The third-order valence-electron chi connectivity index (χ3n) is 5.39. The van der Waals surface area contributed by atoms with E-state index in [1.807, 2.05) is 56.3 Å². The summed E-state index contributed by atoms with van der Waals surface area (Å²) in [6.45, 7) is 5.86. The van der Waals surface area contributed by atoms with Crippen molar-refractivity contribution in [3.05, 3.63) is 82.8 Å². The number of hydrogen-bond donors (Lipinski definition) is 2. The molecule has 0 fully saturated rings. The monoisotopic (exact) mass is 445 g/mol. The first-order chi connectivity index (χ1) is 16.1. The van der Waals surface area contributed by atoms with Crippen LogP contribution in [0.2, 0.25) is 0 Å². The predicted molar refractivity (Wildman–Crippen MR) is 132 cm³/mol. The highest BCUT2D eigenvalue weighted by Crippen LogP contribution is 2.26. The first-order valence-electron chi connectivity index (χ1n) is 11.3. The van der Waals surface area contributed by atoms with Crippen molar-refractivity contribution in [1.29, 1.82) is 0 Å². The number of aliphatic hydroxyl groups excluding tert-OH is 1. The number of para-hydroxylation sites is 1. The van der Waals surface area contributed by atoms with E-state index in [4.69, 9.17) is 14.7 Å². The van der Waals surface area contributed by atoms with Crippen molar-refractivity contribution in [2.75, 3.05) is 6.61 Å². The van der Waals surface area contributed by atoms with Crippen LogP contribution in [0.1, 0.15) is 50.6 Å². The highest BCUT2D eigenvalue weighted by Gasteiger charge is 2.14. The second kappa shape index (κ2) is 11.9. The van der Waals surface area contributed by atoms with E-state index in [1.54, 1.807) is 0 Å². The molecule has 0 saturated heterocycles. The molecule has 0 aliphatic heterocycles. The number of nitrogens with one attached hydrogen (secondary N) is 1. The SMILES string of the molecule is CCC(=C/c1ccccc1Cc1nc(OC(CC)CO)c2ccccc2n1)/C=C(\C)NC=O. The Morgan fingerprint density at radius 2 is 1.88 bits per heavy atom. The fourth-order valence-corrected chi connectivity index (χ4v) is 3.53. The van der Waals surface area contributed by atoms with Gasteiger partial charge in [0.25, 0.3) is 0 Å². The van der Waals surface area contributed by atoms with Crippen LogP contribution in [0.4, 0.5) is 0 Å². The molecule has 0 aliphatic carbocycles. The summed E-state index contributed by atoms with van der Waals surface area (Å²) >= 11 is 0. The zero-order valence-corrected chi connectivity index (χ0v) is 19.4. The summed E-state index contributed by atoms with van der Waals surface area (Å²) in [5.41, 5.74) is 4.88. The van der Waals surface area contributed by atoms with E-state index in [0.29, 0.717) is 31.0 Å². The number of nitrogens with zero attached hydrogens (tertiary/aromatic N) is 2. The summed E-state index contributed by atoms with van der Waals surface area (Å²) < 4.78 is 6.03. The molecule has 0 spiro atoms. The molecule has 0 radical (unpaired) electrons. The molecule has 33 heavy (non-hydrogen) atoms. The molecule has 1 atom stereocenters. The fraction of sp³-hybridized carbons (Fsp3) is 0.296. The van der Waals surface area contributed by atoms with Crippen molar-refractivity contribution >= 4 is 23.4 Å². The van der Waals surface area contributed by atoms with Gasteiger partial charge in [0.15, 0.2) is 0 Å². The molecule has 6 heteroatoms. The minimum absolute atomic E-state index is 0.0660. The largest absolute Gasteiger partial charge is 0.471 e. The van der Waals surface area contributed by atoms with Gasteiger partial charge in [0, 0.05) is 12.1 Å². The first kappa shape index (κ1) is 24.1. The van der Waals surface area contributed by atoms with E-state index in [1.165, 1.54) is 0 Å². The Morgan fingerprint density at radius 3 is 2.61 bits per heavy atom. The number of ether oxygens (including phenoxy) is 1. The lowest BCUT2D eigenvalue weighted by molar-refractivity contribution is -0.108. The van der Waals surface area contributed by atoms with Crippen LogP contribution >= 0.6 is 0 Å². The number of amides is 1. The molecule has 0 saturated carbocycles. The molecule has 1 heterocycles. The summed E-state index contributed by atoms with van der Waals surface area (Å²) in [6, 6.07) is 15.9. The standard InChI is InChI=1S/C27H31N3O3/c1-4-20(14-19(3)28-18-32)15-21-10-6-7-11-22(21)16-26-29-25-13-9-8-12-24(25)27(30-26)33-23(5-2)17-31/h6-15,18,23,31H,4-5,16-17H2,1-3H3,(H,28,32)/b19-14+,20-15-. The van der Waals surface area contributed by atoms with Crippen molar-refractivity contribution in [2.45, 2.75) is 46.1 Å². The van der Waals surface area contributed by atoms with Crippen molar-refractivity contribution in [1.82, 2.24) is 15.3 Å². The normalized spacial score (nSPS) is 13.1. The number of rotatable bonds is 11. The van der Waals surface area contributed by atoms with Crippen molar-refractivity contribution in [3.8, 4) is 5.88 Å². The molecule has 172 valence electrons. The maximum atomic E-state index is 10.7. The maximum absolute atomic E-state index is 10.7. The number of fused-ring (bicyclic) bond motifs is 1. The Labute approximate surface area is 195 Å². The van der Waals surface area contributed by atoms with Gasteiger partial charge in [-0.15, -0.1) is 0 Å². The van der Waals surface area contributed by atoms with Crippen LogP contribution in [0.5, 0.6) is 5.88 Å². The lowest BCUT2D eigenvalue weighted by atomic mass is 10.00. The molecule has 3 aromatic rings. The molecule has 3 rings (SSSR count). The lowest BCUT2D eigenvalue weighted by Crippen LogP contribution is -2.21. The van der Waals surface area contributed by atoms with Gasteiger partial charge in [-0.2, -0.15) is 4.98 Å². The van der Waals surface area contributed by atoms with Crippen LogP contribution in [0.3, 0.4) is 0 Å². The zero-order chi connectivity index (χ0) is 23.6. The number of hydrogen-bond acceptors (Lipinski definition) is 5. The Morgan fingerprint density at radius 1 is 1.12 bits per heavy atom. The van der Waals surface area contributed by atoms with Crippen molar-refractivity contribution in [2.24, 2.45) is 0 Å². The molecule has 0 aliphatic rings. The first-order valence-corrected chi connectivity index (χ1v) is 11.3. The minimum atomic E-state index is -0.312. The van der Waals surface area contributed by atoms with Gasteiger partial charge in [0.2, 0.25) is 12.3 Å². The summed E-state index contributed by atoms with van der Waals surface area (Å²) in [4.78, 5) is 20.2. The van der Waals surface area contributed by atoms with Crippen LogP contribution in [0, 0.1) is 0 Å². The highest BCUT2D eigenvalue weighted by atomic mass is 16.5. The Balaban J connectivity index is 1.99. The summed E-state index contributed by atoms with van der Waals surface area (Å²) in [7, 11) is 0. The molecule has 1 aromatic heterocycles. The van der Waals surface area contributed by atoms with Crippen molar-refractivity contribution in [3.63, 3.8) is 0 Å². The highest BCUT2D eigenvalue weighted by molar-refractivity contribution is 5.83. The van der Waals surface area contributed by atoms with Gasteiger partial charge in [0.05, 0.1) is 17.5 Å². The number of aliphatic hydroxyl groups is 1. The second-order valence-corrected chi connectivity index (χ2v) is 7.83. The Bertz CT molecular complexity index is 1150. The number of allylic oxidation sites excluding steroid dienone is 3. The van der Waals surface area contributed by atoms with Gasteiger partial charge >= 0.3 is 0 Å². The molecule has 0 bridgehead atoms. The number of carbonyl (C=O) groups excluding carboxylic acids is 1. The molecule has 1 unspecified atom stereocenters. The molecule has 2 aromatic carbocycles. The lowest BCUT2D eigenvalue weighted by Gasteiger charge is -2.16. The third-order valence-corrected chi connectivity index (χ3v) is 5.39. The zero-order valence-electron chi connectivity index (χ0n) is 19.4. The van der Waals surface area contributed by atoms with Gasteiger partial charge < -0.3 is 15.2 Å². The van der Waals surface area contributed by atoms with Gasteiger partial charge in [-0.1, -0.05) is 56.3 Å². The van der Waals surface area contributed by atoms with Crippen LogP contribution in [0.25, 0.3) is 17.0 Å². The van der Waals surface area contributed by atoms with Crippen LogP contribution in [0.15, 0.2) is 65.9 Å². The van der Waals surface area contributed by atoms with E-state index in [2.05, 4.69) is 30.4 Å². The number of aromatic nitrogens is 2. The fourth-order valence-electron chi connectivity index (χ4n) is 3.53. The quantitative estimate of drug-likeness (QED) is 0.327. The molecule has 6 nitrogen and oxygen atoms in total. The van der Waals surface area contributed by atoms with E-state index < -0.39 is 0 Å². The molecular formula is C27H31N3O3. The number of carbonyl (C=O) groups is 1. The van der Waals surface area contributed by atoms with Crippen LogP contribution in [-0.2, 0) is 11.2 Å². The van der Waals surface area contributed by atoms with Crippen LogP contribution in [-0.4, -0.2) is 34.2 Å². The smallest absolute Gasteiger partial charge is 0.225 e. The van der Waals surface area contributed by atoms with E-state index in [0.717, 1.165) is 39.7 Å². The second-order valence-electron chi connectivity index (χ2n) is 7.83. The van der Waals surface area contributed by atoms with Gasteiger partial charge in [-0.05, 0) is 54.7 Å². The summed E-state index contributed by atoms with van der Waals surface area (Å²) in [5.74, 6) is 1.15. The Kier molecular flexibility index (Phi) is 8.72. The molecule has 2 N–H and O–H groups in total. The Hall–Kier alpha value is -3.51. The van der Waals surface area contributed by atoms with Gasteiger partial charge in [-0.3, -0.25) is 4.79 Å². The minimum Gasteiger partial charge on any atom is -0.471 e. The topological polar surface area (TPSA) is 84.3 Å². The van der Waals surface area contributed by atoms with E-state index in [9.17, 15) is 9.90 Å². The summed E-state index contributed by atoms with van der Waals surface area (Å²) in [5, 5.41) is 13.1. The molecule has 1 amide bonds. The van der Waals surface area contributed by atoms with Crippen LogP contribution < -0.4 is 10.1 Å². The van der Waals surface area contributed by atoms with E-state index >= 15 is 0 Å². The third kappa shape index (κ3) is 6.49.